The van der Waals surface area contributed by atoms with Gasteiger partial charge >= 0.3 is 0 Å². The van der Waals surface area contributed by atoms with Crippen molar-refractivity contribution in [3.05, 3.63) is 29.8 Å². The lowest BCUT2D eigenvalue weighted by molar-refractivity contribution is 0.0884. The van der Waals surface area contributed by atoms with Gasteiger partial charge in [-0.15, -0.1) is 0 Å². The van der Waals surface area contributed by atoms with Crippen LogP contribution in [-0.4, -0.2) is 34.1 Å². The van der Waals surface area contributed by atoms with Gasteiger partial charge in [0.25, 0.3) is 5.91 Å². The van der Waals surface area contributed by atoms with Gasteiger partial charge in [0.15, 0.2) is 0 Å². The molecule has 0 bridgehead atoms. The van der Waals surface area contributed by atoms with Crippen LogP contribution in [0, 0.1) is 5.92 Å². The Morgan fingerprint density at radius 3 is 2.45 bits per heavy atom. The molecule has 1 aliphatic rings. The van der Waals surface area contributed by atoms with Crippen molar-refractivity contribution in [2.45, 2.75) is 23.8 Å². The van der Waals surface area contributed by atoms with E-state index in [1.54, 1.807) is 7.11 Å². The third-order valence-electron chi connectivity index (χ3n) is 3.30. The Labute approximate surface area is 118 Å². The van der Waals surface area contributed by atoms with Crippen LogP contribution in [0.2, 0.25) is 0 Å². The fourth-order valence-corrected chi connectivity index (χ4v) is 2.54. The van der Waals surface area contributed by atoms with E-state index in [0.717, 1.165) is 12.8 Å². The summed E-state index contributed by atoms with van der Waals surface area (Å²) in [6.07, 6.45) is 2.19. The van der Waals surface area contributed by atoms with E-state index in [2.05, 4.69) is 5.32 Å². The summed E-state index contributed by atoms with van der Waals surface area (Å²) in [5.74, 6) is 0.238. The molecule has 0 saturated heterocycles. The molecule has 6 nitrogen and oxygen atoms in total. The van der Waals surface area contributed by atoms with Crippen molar-refractivity contribution in [3.63, 3.8) is 0 Å². The largest absolute Gasteiger partial charge is 0.383 e. The molecule has 0 unspecified atom stereocenters. The molecule has 1 atom stereocenters. The molecule has 1 aromatic rings. The molecule has 1 aromatic carbocycles. The molecular formula is C13H18N2O4S. The maximum absolute atomic E-state index is 12.1. The van der Waals surface area contributed by atoms with Crippen LogP contribution in [-0.2, 0) is 14.8 Å². The topological polar surface area (TPSA) is 98.5 Å². The van der Waals surface area contributed by atoms with Crippen LogP contribution < -0.4 is 10.5 Å². The average Bonchev–Trinajstić information content (AvgIpc) is 3.21. The number of carbonyl (C=O) groups is 1. The van der Waals surface area contributed by atoms with Crippen molar-refractivity contribution in [1.82, 2.24) is 5.32 Å². The first-order chi connectivity index (χ1) is 9.41. The standard InChI is InChI=1S/C13H18N2O4S/c1-19-8-12(9-2-3-9)15-13(16)10-4-6-11(7-5-10)20(14,17)18/h4-7,9,12H,2-3,8H2,1H3,(H,15,16)(H2,14,17,18)/t12-/m0/s1. The monoisotopic (exact) mass is 298 g/mol. The zero-order valence-corrected chi connectivity index (χ0v) is 12.0. The van der Waals surface area contributed by atoms with Gasteiger partial charge < -0.3 is 10.1 Å². The van der Waals surface area contributed by atoms with Gasteiger partial charge in [0.05, 0.1) is 17.5 Å². The molecule has 110 valence electrons. The highest BCUT2D eigenvalue weighted by Crippen LogP contribution is 2.32. The molecule has 0 spiro atoms. The van der Waals surface area contributed by atoms with E-state index >= 15 is 0 Å². The minimum atomic E-state index is -3.73. The molecule has 1 aliphatic carbocycles. The molecule has 1 fully saturated rings. The van der Waals surface area contributed by atoms with Crippen LogP contribution in [0.5, 0.6) is 0 Å². The number of sulfonamides is 1. The third kappa shape index (κ3) is 3.78. The van der Waals surface area contributed by atoms with Gasteiger partial charge in [-0.1, -0.05) is 0 Å². The number of hydrogen-bond acceptors (Lipinski definition) is 4. The Kier molecular flexibility index (Phi) is 4.42. The van der Waals surface area contributed by atoms with Gasteiger partial charge in [-0.25, -0.2) is 13.6 Å². The summed E-state index contributed by atoms with van der Waals surface area (Å²) >= 11 is 0. The maximum Gasteiger partial charge on any atom is 0.251 e. The lowest BCUT2D eigenvalue weighted by Crippen LogP contribution is -2.39. The summed E-state index contributed by atoms with van der Waals surface area (Å²) in [4.78, 5) is 12.1. The summed E-state index contributed by atoms with van der Waals surface area (Å²) in [5.41, 5.74) is 0.402. The first-order valence-electron chi connectivity index (χ1n) is 6.34. The van der Waals surface area contributed by atoms with E-state index in [1.807, 2.05) is 0 Å². The van der Waals surface area contributed by atoms with Gasteiger partial charge in [0.1, 0.15) is 0 Å². The zero-order chi connectivity index (χ0) is 14.8. The first-order valence-corrected chi connectivity index (χ1v) is 7.89. The lowest BCUT2D eigenvalue weighted by Gasteiger charge is -2.17. The Balaban J connectivity index is 2.05. The maximum atomic E-state index is 12.1. The van der Waals surface area contributed by atoms with E-state index in [0.29, 0.717) is 18.1 Å². The fourth-order valence-electron chi connectivity index (χ4n) is 2.02. The van der Waals surface area contributed by atoms with Gasteiger partial charge in [0.2, 0.25) is 10.0 Å². The molecule has 1 amide bonds. The van der Waals surface area contributed by atoms with Crippen molar-refractivity contribution in [1.29, 1.82) is 0 Å². The van der Waals surface area contributed by atoms with Crippen molar-refractivity contribution in [3.8, 4) is 0 Å². The molecule has 2 rings (SSSR count). The Morgan fingerprint density at radius 2 is 2.00 bits per heavy atom. The Morgan fingerprint density at radius 1 is 1.40 bits per heavy atom. The van der Waals surface area contributed by atoms with Crippen molar-refractivity contribution in [2.75, 3.05) is 13.7 Å². The summed E-state index contributed by atoms with van der Waals surface area (Å²) in [5, 5.41) is 7.92. The molecule has 20 heavy (non-hydrogen) atoms. The molecular weight excluding hydrogens is 280 g/mol. The van der Waals surface area contributed by atoms with Crippen LogP contribution >= 0.6 is 0 Å². The molecule has 0 aliphatic heterocycles. The zero-order valence-electron chi connectivity index (χ0n) is 11.2. The second kappa shape index (κ2) is 5.90. The molecule has 0 heterocycles. The number of rotatable bonds is 6. The lowest BCUT2D eigenvalue weighted by atomic mass is 10.1. The number of carbonyl (C=O) groups excluding carboxylic acids is 1. The van der Waals surface area contributed by atoms with Gasteiger partial charge in [-0.3, -0.25) is 4.79 Å². The van der Waals surface area contributed by atoms with Crippen LogP contribution in [0.4, 0.5) is 0 Å². The van der Waals surface area contributed by atoms with E-state index in [1.165, 1.54) is 24.3 Å². The number of amides is 1. The summed E-state index contributed by atoms with van der Waals surface area (Å²) < 4.78 is 27.4. The summed E-state index contributed by atoms with van der Waals surface area (Å²) in [6, 6.07) is 5.56. The average molecular weight is 298 g/mol. The fraction of sp³-hybridized carbons (Fsp3) is 0.462. The van der Waals surface area contributed by atoms with Crippen LogP contribution in [0.15, 0.2) is 29.2 Å². The van der Waals surface area contributed by atoms with Crippen LogP contribution in [0.3, 0.4) is 0 Å². The second-order valence-electron chi connectivity index (χ2n) is 4.94. The second-order valence-corrected chi connectivity index (χ2v) is 6.50. The molecule has 1 saturated carbocycles. The number of hydrogen-bond donors (Lipinski definition) is 2. The highest BCUT2D eigenvalue weighted by molar-refractivity contribution is 7.89. The van der Waals surface area contributed by atoms with Gasteiger partial charge in [0, 0.05) is 12.7 Å². The summed E-state index contributed by atoms with van der Waals surface area (Å²) in [6.45, 7) is 0.478. The molecule has 0 aromatic heterocycles. The van der Waals surface area contributed by atoms with E-state index in [9.17, 15) is 13.2 Å². The number of ether oxygens (including phenoxy) is 1. The number of nitrogens with two attached hydrogens (primary N) is 1. The highest BCUT2D eigenvalue weighted by Gasteiger charge is 2.32. The first kappa shape index (κ1) is 15.0. The SMILES string of the molecule is COC[C@H](NC(=O)c1ccc(S(N)(=O)=O)cc1)C1CC1. The molecule has 0 radical (unpaired) electrons. The van der Waals surface area contributed by atoms with E-state index in [-0.39, 0.29) is 16.8 Å². The molecule has 3 N–H and O–H groups in total. The summed E-state index contributed by atoms with van der Waals surface area (Å²) in [7, 11) is -2.13. The highest BCUT2D eigenvalue weighted by atomic mass is 32.2. The number of nitrogens with one attached hydrogen (secondary N) is 1. The Hall–Kier alpha value is -1.44. The number of primary sulfonamides is 1. The molecule has 7 heteroatoms. The van der Waals surface area contributed by atoms with Crippen molar-refractivity contribution < 1.29 is 17.9 Å². The predicted octanol–water partition coefficient (Wildman–Crippen LogP) is 0.489. The minimum absolute atomic E-state index is 0.00502. The Bertz CT molecular complexity index is 579. The number of benzene rings is 1. The van der Waals surface area contributed by atoms with Crippen molar-refractivity contribution >= 4 is 15.9 Å². The van der Waals surface area contributed by atoms with E-state index < -0.39 is 10.0 Å². The van der Waals surface area contributed by atoms with Gasteiger partial charge in [-0.05, 0) is 43.0 Å². The van der Waals surface area contributed by atoms with Gasteiger partial charge in [-0.2, -0.15) is 0 Å². The van der Waals surface area contributed by atoms with Crippen LogP contribution in [0.1, 0.15) is 23.2 Å². The normalized spacial score (nSPS) is 16.7. The third-order valence-corrected chi connectivity index (χ3v) is 4.23. The smallest absolute Gasteiger partial charge is 0.251 e. The minimum Gasteiger partial charge on any atom is -0.383 e. The number of methoxy groups -OCH3 is 1. The quantitative estimate of drug-likeness (QED) is 0.798. The predicted molar refractivity (Wildman–Crippen MR) is 73.7 cm³/mol. The van der Waals surface area contributed by atoms with Crippen LogP contribution in [0.25, 0.3) is 0 Å². The van der Waals surface area contributed by atoms with E-state index in [4.69, 9.17) is 9.88 Å². The van der Waals surface area contributed by atoms with Crippen molar-refractivity contribution in [2.24, 2.45) is 11.1 Å².